The Kier molecular flexibility index (Phi) is 7.05. The first-order valence-corrected chi connectivity index (χ1v) is 9.92. The van der Waals surface area contributed by atoms with E-state index in [1.807, 2.05) is 60.7 Å². The van der Waals surface area contributed by atoms with E-state index >= 15 is 0 Å². The molecule has 2 aromatic rings. The Morgan fingerprint density at radius 3 is 1.38 bits per heavy atom. The summed E-state index contributed by atoms with van der Waals surface area (Å²) in [7, 11) is 0. The third-order valence-corrected chi connectivity index (χ3v) is 5.20. The van der Waals surface area contributed by atoms with Gasteiger partial charge >= 0.3 is 0 Å². The van der Waals surface area contributed by atoms with Crippen LogP contribution in [0.25, 0.3) is 0 Å². The molecule has 0 bridgehead atoms. The van der Waals surface area contributed by atoms with E-state index in [-0.39, 0.29) is 12.8 Å². The topological polar surface area (TPSA) is 99.4 Å². The molecule has 0 radical (unpaired) electrons. The van der Waals surface area contributed by atoms with Crippen molar-refractivity contribution in [1.29, 1.82) is 0 Å². The predicted molar refractivity (Wildman–Crippen MR) is 108 cm³/mol. The second-order valence-corrected chi connectivity index (χ2v) is 8.06. The molecule has 6 atom stereocenters. The maximum absolute atomic E-state index is 10.8. The van der Waals surface area contributed by atoms with E-state index in [4.69, 9.17) is 9.47 Å². The molecule has 0 aromatic heterocycles. The van der Waals surface area contributed by atoms with Crippen molar-refractivity contribution in [3.05, 3.63) is 71.8 Å². The van der Waals surface area contributed by atoms with Gasteiger partial charge in [0, 0.05) is 12.8 Å². The number of ether oxygens (including phenoxy) is 2. The van der Waals surface area contributed by atoms with Crippen LogP contribution in [-0.2, 0) is 22.3 Å². The highest BCUT2D eigenvalue weighted by Gasteiger charge is 2.50. The van der Waals surface area contributed by atoms with Gasteiger partial charge < -0.3 is 29.9 Å². The Morgan fingerprint density at radius 2 is 1.03 bits per heavy atom. The van der Waals surface area contributed by atoms with Crippen molar-refractivity contribution in [2.45, 2.75) is 69.1 Å². The number of hydrogen-bond acceptors (Lipinski definition) is 6. The zero-order valence-electron chi connectivity index (χ0n) is 16.8. The summed E-state index contributed by atoms with van der Waals surface area (Å²) in [6, 6.07) is 18.6. The predicted octanol–water partition coefficient (Wildman–Crippen LogP) is 1.44. The third-order valence-electron chi connectivity index (χ3n) is 5.20. The van der Waals surface area contributed by atoms with Gasteiger partial charge in [0.25, 0.3) is 0 Å². The molecule has 6 heteroatoms. The van der Waals surface area contributed by atoms with Gasteiger partial charge in [0.2, 0.25) is 0 Å². The lowest BCUT2D eigenvalue weighted by Crippen LogP contribution is -2.51. The summed E-state index contributed by atoms with van der Waals surface area (Å²) in [5, 5.41) is 42.6. The summed E-state index contributed by atoms with van der Waals surface area (Å²) in [5.74, 6) is -1.06. The fourth-order valence-electron chi connectivity index (χ4n) is 3.74. The minimum absolute atomic E-state index is 0.234. The first-order valence-electron chi connectivity index (χ1n) is 9.92. The van der Waals surface area contributed by atoms with Gasteiger partial charge in [-0.1, -0.05) is 60.7 Å². The van der Waals surface area contributed by atoms with Gasteiger partial charge in [-0.3, -0.25) is 0 Å². The number of aliphatic hydroxyl groups is 4. The molecule has 1 saturated heterocycles. The van der Waals surface area contributed by atoms with Crippen molar-refractivity contribution < 1.29 is 29.9 Å². The average Bonchev–Trinajstić information content (AvgIpc) is 3.03. The summed E-state index contributed by atoms with van der Waals surface area (Å²) < 4.78 is 11.6. The third kappa shape index (κ3) is 5.63. The van der Waals surface area contributed by atoms with Crippen LogP contribution in [0.5, 0.6) is 0 Å². The van der Waals surface area contributed by atoms with E-state index in [0.717, 1.165) is 11.1 Å². The van der Waals surface area contributed by atoms with E-state index in [0.29, 0.717) is 0 Å². The Bertz CT molecular complexity index is 687. The molecule has 4 N–H and O–H groups in total. The molecule has 29 heavy (non-hydrogen) atoms. The average molecular weight is 402 g/mol. The first kappa shape index (κ1) is 21.9. The van der Waals surface area contributed by atoms with Crippen molar-refractivity contribution in [3.8, 4) is 0 Å². The van der Waals surface area contributed by atoms with Gasteiger partial charge in [-0.25, -0.2) is 0 Å². The molecule has 0 spiro atoms. The van der Waals surface area contributed by atoms with Crippen molar-refractivity contribution >= 4 is 0 Å². The molecule has 0 saturated carbocycles. The number of hydrogen-bond donors (Lipinski definition) is 4. The first-order chi connectivity index (χ1) is 13.8. The summed E-state index contributed by atoms with van der Waals surface area (Å²) in [6.45, 7) is 3.35. The lowest BCUT2D eigenvalue weighted by atomic mass is 9.92. The molecule has 0 aliphatic carbocycles. The highest BCUT2D eigenvalue weighted by Crippen LogP contribution is 2.34. The summed E-state index contributed by atoms with van der Waals surface area (Å²) >= 11 is 0. The maximum atomic E-state index is 10.8. The van der Waals surface area contributed by atoms with E-state index in [1.165, 1.54) is 0 Å². The fraction of sp³-hybridized carbons (Fsp3) is 0.478. The van der Waals surface area contributed by atoms with Crippen LogP contribution in [0, 0.1) is 0 Å². The minimum atomic E-state index is -1.29. The molecule has 1 fully saturated rings. The van der Waals surface area contributed by atoms with Crippen molar-refractivity contribution in [2.75, 3.05) is 0 Å². The van der Waals surface area contributed by atoms with Crippen LogP contribution in [0.1, 0.15) is 25.0 Å². The van der Waals surface area contributed by atoms with Gasteiger partial charge in [-0.2, -0.15) is 0 Å². The molecular formula is C23H30O6. The smallest absolute Gasteiger partial charge is 0.164 e. The fourth-order valence-corrected chi connectivity index (χ4v) is 3.74. The van der Waals surface area contributed by atoms with Gasteiger partial charge in [-0.05, 0) is 25.0 Å². The Balaban J connectivity index is 1.70. The monoisotopic (exact) mass is 402 g/mol. The molecule has 1 aliphatic rings. The van der Waals surface area contributed by atoms with E-state index in [2.05, 4.69) is 0 Å². The van der Waals surface area contributed by atoms with Crippen molar-refractivity contribution in [2.24, 2.45) is 0 Å². The van der Waals surface area contributed by atoms with Gasteiger partial charge in [0.05, 0.1) is 12.2 Å². The van der Waals surface area contributed by atoms with Crippen LogP contribution >= 0.6 is 0 Å². The largest absolute Gasteiger partial charge is 0.390 e. The summed E-state index contributed by atoms with van der Waals surface area (Å²) in [4.78, 5) is 0. The zero-order valence-corrected chi connectivity index (χ0v) is 16.8. The van der Waals surface area contributed by atoms with E-state index < -0.39 is 42.4 Å². The molecule has 6 nitrogen and oxygen atoms in total. The summed E-state index contributed by atoms with van der Waals surface area (Å²) in [6.07, 6.45) is -6.30. The molecule has 1 aliphatic heterocycles. The standard InChI is InChI=1S/C23H30O6/c1-23(2)28-21(19(26)17(24)13-15-9-5-3-6-10-15)22(29-23)20(27)18(25)14-16-11-7-4-8-12-16/h3-12,17-22,24-27H,13-14H2,1-2H3/t17?,18?,19-,20-,21-,22-/m1/s1. The Labute approximate surface area is 171 Å². The summed E-state index contributed by atoms with van der Waals surface area (Å²) in [5.41, 5.74) is 1.75. The van der Waals surface area contributed by atoms with Crippen LogP contribution in [0.2, 0.25) is 0 Å². The van der Waals surface area contributed by atoms with E-state index in [9.17, 15) is 20.4 Å². The van der Waals surface area contributed by atoms with Crippen LogP contribution in [0.3, 0.4) is 0 Å². The molecule has 2 aromatic carbocycles. The lowest BCUT2D eigenvalue weighted by Gasteiger charge is -2.30. The van der Waals surface area contributed by atoms with Gasteiger partial charge in [0.1, 0.15) is 24.4 Å². The SMILES string of the molecule is CC1(C)O[C@H]([C@H](O)C(O)Cc2ccccc2)[C@@H]([C@H](O)C(O)Cc2ccccc2)O1. The highest BCUT2D eigenvalue weighted by atomic mass is 16.8. The normalized spacial score (nSPS) is 25.3. The number of benzene rings is 2. The maximum Gasteiger partial charge on any atom is 0.164 e. The van der Waals surface area contributed by atoms with Crippen LogP contribution in [0.4, 0.5) is 0 Å². The quantitative estimate of drug-likeness (QED) is 0.533. The molecule has 0 amide bonds. The molecule has 3 rings (SSSR count). The van der Waals surface area contributed by atoms with E-state index in [1.54, 1.807) is 13.8 Å². The molecule has 158 valence electrons. The highest BCUT2D eigenvalue weighted by molar-refractivity contribution is 5.17. The van der Waals surface area contributed by atoms with Gasteiger partial charge in [0.15, 0.2) is 5.79 Å². The van der Waals surface area contributed by atoms with Gasteiger partial charge in [-0.15, -0.1) is 0 Å². The second kappa shape index (κ2) is 9.34. The molecule has 1 heterocycles. The van der Waals surface area contributed by atoms with Crippen LogP contribution in [-0.4, -0.2) is 62.8 Å². The second-order valence-electron chi connectivity index (χ2n) is 8.06. The Hall–Kier alpha value is -1.80. The minimum Gasteiger partial charge on any atom is -0.390 e. The lowest BCUT2D eigenvalue weighted by molar-refractivity contribution is -0.168. The molecular weight excluding hydrogens is 372 g/mol. The van der Waals surface area contributed by atoms with Crippen molar-refractivity contribution in [3.63, 3.8) is 0 Å². The molecule has 2 unspecified atom stereocenters. The number of aliphatic hydroxyl groups excluding tert-OH is 4. The van der Waals surface area contributed by atoms with Crippen LogP contribution < -0.4 is 0 Å². The van der Waals surface area contributed by atoms with Crippen molar-refractivity contribution in [1.82, 2.24) is 0 Å². The zero-order chi connectivity index (χ0) is 21.0. The van der Waals surface area contributed by atoms with Crippen LogP contribution in [0.15, 0.2) is 60.7 Å². The Morgan fingerprint density at radius 1 is 0.690 bits per heavy atom. The number of rotatable bonds is 8.